The zero-order chi connectivity index (χ0) is 14.0. The molecular weight excluding hydrogens is 376 g/mol. The topological polar surface area (TPSA) is 64.3 Å². The van der Waals surface area contributed by atoms with E-state index in [1.165, 1.54) is 0 Å². The number of hydrogen-bond acceptors (Lipinski definition) is 3. The van der Waals surface area contributed by atoms with Crippen LogP contribution in [-0.2, 0) is 9.53 Å². The van der Waals surface area contributed by atoms with Gasteiger partial charge in [-0.2, -0.15) is 0 Å². The van der Waals surface area contributed by atoms with E-state index in [0.29, 0.717) is 18.0 Å². The predicted molar refractivity (Wildman–Crippen MR) is 83.0 cm³/mol. The Hall–Kier alpha value is -0.590. The summed E-state index contributed by atoms with van der Waals surface area (Å²) in [7, 11) is 0. The van der Waals surface area contributed by atoms with Crippen LogP contribution < -0.4 is 11.1 Å². The van der Waals surface area contributed by atoms with Crippen LogP contribution in [0.25, 0.3) is 0 Å². The molecule has 0 aromatic heterocycles. The lowest BCUT2D eigenvalue weighted by atomic mass is 9.98. The van der Waals surface area contributed by atoms with E-state index in [2.05, 4.69) is 37.2 Å². The Kier molecular flexibility index (Phi) is 4.86. The van der Waals surface area contributed by atoms with Crippen molar-refractivity contribution in [3.05, 3.63) is 21.1 Å². The van der Waals surface area contributed by atoms with E-state index in [-0.39, 0.29) is 17.9 Å². The number of halogens is 2. The molecule has 2 rings (SSSR count). The molecule has 0 bridgehead atoms. The number of hydrogen-bond donors (Lipinski definition) is 2. The smallest absolute Gasteiger partial charge is 0.230 e. The zero-order valence-corrected chi connectivity index (χ0v) is 13.8. The molecule has 1 saturated heterocycles. The third-order valence-corrected chi connectivity index (χ3v) is 4.37. The molecule has 0 radical (unpaired) electrons. The molecule has 1 aliphatic heterocycles. The van der Waals surface area contributed by atoms with Gasteiger partial charge in [-0.1, -0.05) is 22.9 Å². The van der Waals surface area contributed by atoms with Gasteiger partial charge in [0.1, 0.15) is 0 Å². The van der Waals surface area contributed by atoms with Crippen molar-refractivity contribution >= 4 is 49.1 Å². The Labute approximate surface area is 129 Å². The molecule has 1 fully saturated rings. The Balaban J connectivity index is 2.15. The molecule has 6 heteroatoms. The highest BCUT2D eigenvalue weighted by Crippen LogP contribution is 2.34. The fourth-order valence-electron chi connectivity index (χ4n) is 2.29. The summed E-state index contributed by atoms with van der Waals surface area (Å²) in [5.74, 6) is -0.126. The van der Waals surface area contributed by atoms with Gasteiger partial charge in [-0.25, -0.2) is 0 Å². The molecule has 1 aromatic carbocycles. The summed E-state index contributed by atoms with van der Waals surface area (Å²) in [6.45, 7) is 2.67. The van der Waals surface area contributed by atoms with Gasteiger partial charge >= 0.3 is 0 Å². The Morgan fingerprint density at radius 1 is 1.53 bits per heavy atom. The number of anilines is 2. The van der Waals surface area contributed by atoms with Crippen LogP contribution in [0.2, 0.25) is 0 Å². The summed E-state index contributed by atoms with van der Waals surface area (Å²) in [5, 5.41) is 2.90. The predicted octanol–water partition coefficient (Wildman–Crippen LogP) is 3.55. The molecule has 1 aromatic rings. The number of amides is 1. The maximum Gasteiger partial charge on any atom is 0.230 e. The van der Waals surface area contributed by atoms with Gasteiger partial charge in [0.05, 0.1) is 23.4 Å². The van der Waals surface area contributed by atoms with Gasteiger partial charge in [-0.15, -0.1) is 0 Å². The fraction of sp³-hybridized carbons (Fsp3) is 0.462. The molecule has 4 nitrogen and oxygen atoms in total. The standard InChI is InChI=1S/C13H16Br2N2O2/c1-2-11-8(3-4-19-11)13(18)17-12-9(15)5-7(14)6-10(12)16/h5-6,8,11H,2-4,16H2,1H3,(H,17,18). The van der Waals surface area contributed by atoms with Gasteiger partial charge in [0.15, 0.2) is 0 Å². The van der Waals surface area contributed by atoms with Crippen LogP contribution >= 0.6 is 31.9 Å². The third kappa shape index (κ3) is 3.30. The van der Waals surface area contributed by atoms with E-state index in [0.717, 1.165) is 21.8 Å². The zero-order valence-electron chi connectivity index (χ0n) is 10.6. The normalized spacial score (nSPS) is 22.5. The monoisotopic (exact) mass is 390 g/mol. The van der Waals surface area contributed by atoms with Crippen LogP contribution in [0.1, 0.15) is 19.8 Å². The SMILES string of the molecule is CCC1OCCC1C(=O)Nc1c(N)cc(Br)cc1Br. The molecule has 1 aliphatic rings. The van der Waals surface area contributed by atoms with Gasteiger partial charge in [0.25, 0.3) is 0 Å². The van der Waals surface area contributed by atoms with E-state index in [4.69, 9.17) is 10.5 Å². The van der Waals surface area contributed by atoms with Crippen molar-refractivity contribution in [2.75, 3.05) is 17.7 Å². The molecule has 2 atom stereocenters. The van der Waals surface area contributed by atoms with Gasteiger partial charge in [0.2, 0.25) is 5.91 Å². The molecule has 3 N–H and O–H groups in total. The minimum atomic E-state index is -0.0973. The lowest BCUT2D eigenvalue weighted by Crippen LogP contribution is -2.29. The third-order valence-electron chi connectivity index (χ3n) is 3.28. The maximum atomic E-state index is 12.3. The average molecular weight is 392 g/mol. The van der Waals surface area contributed by atoms with E-state index in [1.54, 1.807) is 6.07 Å². The molecule has 0 saturated carbocycles. The Bertz CT molecular complexity index is 471. The minimum absolute atomic E-state index is 0.00967. The summed E-state index contributed by atoms with van der Waals surface area (Å²) in [5.41, 5.74) is 7.08. The van der Waals surface area contributed by atoms with E-state index >= 15 is 0 Å². The van der Waals surface area contributed by atoms with Crippen LogP contribution in [0.5, 0.6) is 0 Å². The Morgan fingerprint density at radius 2 is 2.26 bits per heavy atom. The number of carbonyl (C=O) groups excluding carboxylic acids is 1. The Morgan fingerprint density at radius 3 is 2.89 bits per heavy atom. The quantitative estimate of drug-likeness (QED) is 0.774. The molecule has 1 heterocycles. The largest absolute Gasteiger partial charge is 0.397 e. The second kappa shape index (κ2) is 6.24. The number of benzene rings is 1. The summed E-state index contributed by atoms with van der Waals surface area (Å²) >= 11 is 6.77. The number of rotatable bonds is 3. The molecule has 1 amide bonds. The van der Waals surface area contributed by atoms with E-state index < -0.39 is 0 Å². The van der Waals surface area contributed by atoms with Crippen molar-refractivity contribution in [2.45, 2.75) is 25.9 Å². The highest BCUT2D eigenvalue weighted by molar-refractivity contribution is 9.11. The van der Waals surface area contributed by atoms with Gasteiger partial charge in [0, 0.05) is 15.6 Å². The van der Waals surface area contributed by atoms with Crippen molar-refractivity contribution in [3.63, 3.8) is 0 Å². The molecule has 0 spiro atoms. The number of nitrogen functional groups attached to an aromatic ring is 1. The average Bonchev–Trinajstić information content (AvgIpc) is 2.81. The van der Waals surface area contributed by atoms with Crippen molar-refractivity contribution < 1.29 is 9.53 Å². The lowest BCUT2D eigenvalue weighted by molar-refractivity contribution is -0.121. The highest BCUT2D eigenvalue weighted by Gasteiger charge is 2.33. The summed E-state index contributed by atoms with van der Waals surface area (Å²) < 4.78 is 7.17. The summed E-state index contributed by atoms with van der Waals surface area (Å²) in [6, 6.07) is 3.62. The maximum absolute atomic E-state index is 12.3. The molecule has 0 aliphatic carbocycles. The summed E-state index contributed by atoms with van der Waals surface area (Å²) in [4.78, 5) is 12.3. The summed E-state index contributed by atoms with van der Waals surface area (Å²) in [6.07, 6.45) is 1.61. The fourth-order valence-corrected chi connectivity index (χ4v) is 3.65. The second-order valence-corrected chi connectivity index (χ2v) is 6.32. The van der Waals surface area contributed by atoms with Crippen molar-refractivity contribution in [1.29, 1.82) is 0 Å². The molecule has 104 valence electrons. The molecular formula is C13H16Br2N2O2. The van der Waals surface area contributed by atoms with Crippen LogP contribution in [0, 0.1) is 5.92 Å². The van der Waals surface area contributed by atoms with Crippen LogP contribution in [-0.4, -0.2) is 18.6 Å². The van der Waals surface area contributed by atoms with Gasteiger partial charge in [-0.3, -0.25) is 4.79 Å². The molecule has 2 unspecified atom stereocenters. The first-order valence-electron chi connectivity index (χ1n) is 6.20. The van der Waals surface area contributed by atoms with Crippen LogP contribution in [0.15, 0.2) is 21.1 Å². The minimum Gasteiger partial charge on any atom is -0.397 e. The lowest BCUT2D eigenvalue weighted by Gasteiger charge is -2.18. The van der Waals surface area contributed by atoms with Gasteiger partial charge in [-0.05, 0) is 40.9 Å². The number of ether oxygens (including phenoxy) is 1. The number of nitrogens with two attached hydrogens (primary N) is 1. The van der Waals surface area contributed by atoms with E-state index in [9.17, 15) is 4.79 Å². The number of nitrogens with one attached hydrogen (secondary N) is 1. The van der Waals surface area contributed by atoms with Crippen molar-refractivity contribution in [3.8, 4) is 0 Å². The van der Waals surface area contributed by atoms with Crippen LogP contribution in [0.4, 0.5) is 11.4 Å². The highest BCUT2D eigenvalue weighted by atomic mass is 79.9. The first-order chi connectivity index (χ1) is 9.02. The van der Waals surface area contributed by atoms with Crippen molar-refractivity contribution in [1.82, 2.24) is 0 Å². The van der Waals surface area contributed by atoms with Crippen LogP contribution in [0.3, 0.4) is 0 Å². The van der Waals surface area contributed by atoms with Crippen molar-refractivity contribution in [2.24, 2.45) is 5.92 Å². The first kappa shape index (κ1) is 14.8. The first-order valence-corrected chi connectivity index (χ1v) is 7.78. The molecule has 19 heavy (non-hydrogen) atoms. The van der Waals surface area contributed by atoms with Gasteiger partial charge < -0.3 is 15.8 Å². The second-order valence-electron chi connectivity index (χ2n) is 4.55. The number of carbonyl (C=O) groups is 1. The van der Waals surface area contributed by atoms with E-state index in [1.807, 2.05) is 13.0 Å².